The summed E-state index contributed by atoms with van der Waals surface area (Å²) < 4.78 is 0. The second kappa shape index (κ2) is 7.11. The third-order valence-corrected chi connectivity index (χ3v) is 3.09. The summed E-state index contributed by atoms with van der Waals surface area (Å²) in [4.78, 5) is 11.4. The Balaban J connectivity index is 2.05. The number of benzene rings is 2. The predicted octanol–water partition coefficient (Wildman–Crippen LogP) is 3.52. The summed E-state index contributed by atoms with van der Waals surface area (Å²) in [5, 5.41) is 15.1. The van der Waals surface area contributed by atoms with Crippen LogP contribution in [-0.4, -0.2) is 5.91 Å². The first-order chi connectivity index (χ1) is 10.2. The Bertz CT molecular complexity index is 674. The van der Waals surface area contributed by atoms with Gasteiger partial charge in [0.1, 0.15) is 0 Å². The molecule has 2 aromatic rings. The van der Waals surface area contributed by atoms with Crippen molar-refractivity contribution < 1.29 is 4.79 Å². The number of nitrogens with one attached hydrogen (secondary N) is 2. The van der Waals surface area contributed by atoms with Crippen molar-refractivity contribution in [1.82, 2.24) is 0 Å². The van der Waals surface area contributed by atoms with Crippen molar-refractivity contribution in [2.24, 2.45) is 0 Å². The van der Waals surface area contributed by atoms with Gasteiger partial charge in [-0.25, -0.2) is 0 Å². The minimum Gasteiger partial charge on any atom is -0.381 e. The van der Waals surface area contributed by atoms with Crippen LogP contribution in [-0.2, 0) is 11.3 Å². The van der Waals surface area contributed by atoms with Gasteiger partial charge in [-0.15, -0.1) is 0 Å². The summed E-state index contributed by atoms with van der Waals surface area (Å²) >= 11 is 0. The highest BCUT2D eigenvalue weighted by atomic mass is 16.1. The molecule has 2 rings (SSSR count). The molecule has 106 valence electrons. The van der Waals surface area contributed by atoms with Crippen LogP contribution in [0.15, 0.2) is 48.5 Å². The average Bonchev–Trinajstić information content (AvgIpc) is 2.53. The molecule has 0 saturated carbocycles. The first kappa shape index (κ1) is 14.6. The van der Waals surface area contributed by atoms with Gasteiger partial charge in [0, 0.05) is 24.3 Å². The molecule has 0 radical (unpaired) electrons. The molecule has 0 aliphatic carbocycles. The number of nitriles is 1. The van der Waals surface area contributed by atoms with Gasteiger partial charge in [-0.3, -0.25) is 4.79 Å². The van der Waals surface area contributed by atoms with Crippen molar-refractivity contribution in [3.05, 3.63) is 59.7 Å². The fraction of sp³-hybridized carbons (Fsp3) is 0.176. The third-order valence-electron chi connectivity index (χ3n) is 3.09. The molecule has 2 aromatic carbocycles. The summed E-state index contributed by atoms with van der Waals surface area (Å²) in [6, 6.07) is 17.2. The van der Waals surface area contributed by atoms with Crippen LogP contribution >= 0.6 is 0 Å². The fourth-order valence-corrected chi connectivity index (χ4v) is 1.94. The quantitative estimate of drug-likeness (QED) is 0.880. The maximum Gasteiger partial charge on any atom is 0.224 e. The van der Waals surface area contributed by atoms with Gasteiger partial charge in [-0.1, -0.05) is 31.2 Å². The van der Waals surface area contributed by atoms with Crippen molar-refractivity contribution in [3.8, 4) is 6.07 Å². The van der Waals surface area contributed by atoms with Crippen molar-refractivity contribution in [1.29, 1.82) is 5.26 Å². The Hall–Kier alpha value is -2.80. The maximum absolute atomic E-state index is 11.4. The number of hydrogen-bond donors (Lipinski definition) is 2. The minimum absolute atomic E-state index is 0.0121. The topological polar surface area (TPSA) is 64.9 Å². The second-order valence-electron chi connectivity index (χ2n) is 4.61. The molecule has 0 aromatic heterocycles. The van der Waals surface area contributed by atoms with E-state index in [0.717, 1.165) is 16.9 Å². The molecule has 2 N–H and O–H groups in total. The zero-order valence-electron chi connectivity index (χ0n) is 11.9. The van der Waals surface area contributed by atoms with Crippen LogP contribution in [0.2, 0.25) is 0 Å². The number of anilines is 2. The number of nitrogens with zero attached hydrogens (tertiary/aromatic N) is 1. The van der Waals surface area contributed by atoms with Crippen LogP contribution in [0.4, 0.5) is 11.4 Å². The van der Waals surface area contributed by atoms with Gasteiger partial charge in [0.05, 0.1) is 11.6 Å². The summed E-state index contributed by atoms with van der Waals surface area (Å²) in [6.45, 7) is 2.38. The van der Waals surface area contributed by atoms with Crippen molar-refractivity contribution in [2.45, 2.75) is 19.9 Å². The lowest BCUT2D eigenvalue weighted by molar-refractivity contribution is -0.115. The number of hydrogen-bond acceptors (Lipinski definition) is 3. The molecule has 4 nitrogen and oxygen atoms in total. The maximum atomic E-state index is 11.4. The minimum atomic E-state index is -0.0121. The van der Waals surface area contributed by atoms with Gasteiger partial charge >= 0.3 is 0 Å². The average molecular weight is 279 g/mol. The third kappa shape index (κ3) is 4.08. The standard InChI is InChI=1S/C17H17N3O/c1-2-17(21)20-16-9-5-8-15(10-16)19-12-14-7-4-3-6-13(14)11-18/h3-10,19H,2,12H2,1H3,(H,20,21). The first-order valence-electron chi connectivity index (χ1n) is 6.84. The molecule has 0 unspecified atom stereocenters. The Labute approximate surface area is 124 Å². The molecule has 0 spiro atoms. The van der Waals surface area contributed by atoms with Crippen LogP contribution in [0.3, 0.4) is 0 Å². The molecule has 0 atom stereocenters. The molecule has 21 heavy (non-hydrogen) atoms. The Morgan fingerprint density at radius 1 is 1.14 bits per heavy atom. The number of amides is 1. The highest BCUT2D eigenvalue weighted by Gasteiger charge is 2.02. The lowest BCUT2D eigenvalue weighted by atomic mass is 10.1. The molecular formula is C17H17N3O. The first-order valence-corrected chi connectivity index (χ1v) is 6.84. The second-order valence-corrected chi connectivity index (χ2v) is 4.61. The molecule has 0 fully saturated rings. The SMILES string of the molecule is CCC(=O)Nc1cccc(NCc2ccccc2C#N)c1. The van der Waals surface area contributed by atoms with Gasteiger partial charge < -0.3 is 10.6 Å². The smallest absolute Gasteiger partial charge is 0.224 e. The van der Waals surface area contributed by atoms with Crippen LogP contribution in [0.1, 0.15) is 24.5 Å². The lowest BCUT2D eigenvalue weighted by Gasteiger charge is -2.10. The molecule has 0 heterocycles. The number of carbonyl (C=O) groups excluding carboxylic acids is 1. The van der Waals surface area contributed by atoms with E-state index in [1.807, 2.05) is 49.4 Å². The summed E-state index contributed by atoms with van der Waals surface area (Å²) in [7, 11) is 0. The van der Waals surface area contributed by atoms with E-state index in [-0.39, 0.29) is 5.91 Å². The molecule has 4 heteroatoms. The van der Waals surface area contributed by atoms with Crippen molar-refractivity contribution >= 4 is 17.3 Å². The van der Waals surface area contributed by atoms with Crippen LogP contribution < -0.4 is 10.6 Å². The van der Waals surface area contributed by atoms with E-state index in [9.17, 15) is 4.79 Å². The van der Waals surface area contributed by atoms with Gasteiger partial charge in [-0.05, 0) is 29.8 Å². The summed E-state index contributed by atoms with van der Waals surface area (Å²) in [5.41, 5.74) is 3.28. The van der Waals surface area contributed by atoms with E-state index in [1.54, 1.807) is 6.07 Å². The zero-order valence-corrected chi connectivity index (χ0v) is 11.9. The normalized spacial score (nSPS) is 9.71. The molecular weight excluding hydrogens is 262 g/mol. The highest BCUT2D eigenvalue weighted by molar-refractivity contribution is 5.90. The Morgan fingerprint density at radius 3 is 2.67 bits per heavy atom. The van der Waals surface area contributed by atoms with Gasteiger partial charge in [0.25, 0.3) is 0 Å². The Morgan fingerprint density at radius 2 is 1.90 bits per heavy atom. The van der Waals surface area contributed by atoms with Crippen LogP contribution in [0.25, 0.3) is 0 Å². The van der Waals surface area contributed by atoms with Crippen molar-refractivity contribution in [2.75, 3.05) is 10.6 Å². The van der Waals surface area contributed by atoms with Gasteiger partial charge in [0.2, 0.25) is 5.91 Å². The van der Waals surface area contributed by atoms with Crippen LogP contribution in [0, 0.1) is 11.3 Å². The molecule has 0 bridgehead atoms. The molecule has 0 aliphatic heterocycles. The highest BCUT2D eigenvalue weighted by Crippen LogP contribution is 2.17. The molecule has 1 amide bonds. The predicted molar refractivity (Wildman–Crippen MR) is 83.8 cm³/mol. The van der Waals surface area contributed by atoms with E-state index in [1.165, 1.54) is 0 Å². The number of rotatable bonds is 5. The van der Waals surface area contributed by atoms with Gasteiger partial charge in [0.15, 0.2) is 0 Å². The fourth-order valence-electron chi connectivity index (χ4n) is 1.94. The summed E-state index contributed by atoms with van der Waals surface area (Å²) in [5.74, 6) is -0.0121. The lowest BCUT2D eigenvalue weighted by Crippen LogP contribution is -2.09. The van der Waals surface area contributed by atoms with Gasteiger partial charge in [-0.2, -0.15) is 5.26 Å². The van der Waals surface area contributed by atoms with E-state index in [4.69, 9.17) is 5.26 Å². The van der Waals surface area contributed by atoms with E-state index in [0.29, 0.717) is 18.5 Å². The largest absolute Gasteiger partial charge is 0.381 e. The molecule has 0 saturated heterocycles. The zero-order chi connectivity index (χ0) is 15.1. The number of carbonyl (C=O) groups is 1. The Kier molecular flexibility index (Phi) is 4.94. The van der Waals surface area contributed by atoms with E-state index < -0.39 is 0 Å². The van der Waals surface area contributed by atoms with E-state index in [2.05, 4.69) is 16.7 Å². The summed E-state index contributed by atoms with van der Waals surface area (Å²) in [6.07, 6.45) is 0.452. The van der Waals surface area contributed by atoms with E-state index >= 15 is 0 Å². The van der Waals surface area contributed by atoms with Crippen LogP contribution in [0.5, 0.6) is 0 Å². The monoisotopic (exact) mass is 279 g/mol. The molecule has 0 aliphatic rings. The van der Waals surface area contributed by atoms with Crippen molar-refractivity contribution in [3.63, 3.8) is 0 Å².